The van der Waals surface area contributed by atoms with Crippen LogP contribution in [0.3, 0.4) is 0 Å². The van der Waals surface area contributed by atoms with Crippen LogP contribution in [0.25, 0.3) is 0 Å². The first-order valence-corrected chi connectivity index (χ1v) is 15.4. The monoisotopic (exact) mass is 468 g/mol. The van der Waals surface area contributed by atoms with Gasteiger partial charge >= 0.3 is 15.3 Å². The molecule has 30 heavy (non-hydrogen) atoms. The molecule has 4 aromatic carbocycles. The molecule has 2 N–H and O–H groups in total. The van der Waals surface area contributed by atoms with Gasteiger partial charge in [0.25, 0.3) is 0 Å². The lowest BCUT2D eigenvalue weighted by atomic mass is 10.4. The zero-order valence-corrected chi connectivity index (χ0v) is 19.7. The van der Waals surface area contributed by atoms with Crippen LogP contribution in [0.5, 0.6) is 0 Å². The Morgan fingerprint density at radius 3 is 0.900 bits per heavy atom. The van der Waals surface area contributed by atoms with E-state index < -0.39 is 15.3 Å². The van der Waals surface area contributed by atoms with Gasteiger partial charge in [-0.15, -0.1) is 22.2 Å². The first-order valence-electron chi connectivity index (χ1n) is 9.47. The van der Waals surface area contributed by atoms with E-state index in [1.165, 1.54) is 0 Å². The summed E-state index contributed by atoms with van der Waals surface area (Å²) in [6, 6.07) is 37.7. The molecule has 0 aliphatic carbocycles. The quantitative estimate of drug-likeness (QED) is 0.357. The largest absolute Gasteiger partial charge is 0.404 e. The van der Waals surface area contributed by atoms with Crippen molar-refractivity contribution in [3.8, 4) is 0 Å². The summed E-state index contributed by atoms with van der Waals surface area (Å²) in [7, 11) is -3.46. The third-order valence-electron chi connectivity index (χ3n) is 4.63. The fraction of sp³-hybridized carbons (Fsp3) is 0. The minimum atomic E-state index is -3.46. The maximum Gasteiger partial charge on any atom is 0.401 e. The van der Waals surface area contributed by atoms with Crippen LogP contribution in [-0.4, -0.2) is 24.8 Å². The number of hydrogen-bond acceptors (Lipinski definition) is 2. The molecule has 4 rings (SSSR count). The SMILES string of the molecule is Cl[Si](Cl)(c1ccccc1)c1ccccc1.O[Si](O)(c1ccccc1)c1ccccc1. The van der Waals surface area contributed by atoms with E-state index in [2.05, 4.69) is 0 Å². The Morgan fingerprint density at radius 2 is 0.633 bits per heavy atom. The van der Waals surface area contributed by atoms with Crippen LogP contribution < -0.4 is 20.7 Å². The van der Waals surface area contributed by atoms with Crippen molar-refractivity contribution in [2.75, 3.05) is 0 Å². The molecule has 0 saturated carbocycles. The second-order valence-corrected chi connectivity index (χ2v) is 15.5. The van der Waals surface area contributed by atoms with Gasteiger partial charge in [0, 0.05) is 0 Å². The third-order valence-corrected chi connectivity index (χ3v) is 11.6. The minimum absolute atomic E-state index is 0.608. The van der Waals surface area contributed by atoms with Crippen LogP contribution in [0.4, 0.5) is 0 Å². The standard InChI is InChI=1S/C12H10Cl2Si.C12H12O2Si/c2*13-15(14,11-7-3-1-4-8-11)12-9-5-2-6-10-12/h1-10H;1-10,13-14H. The Balaban J connectivity index is 0.000000171. The molecule has 0 radical (unpaired) electrons. The fourth-order valence-corrected chi connectivity index (χ4v) is 7.68. The molecule has 6 heteroatoms. The second kappa shape index (κ2) is 10.2. The number of benzene rings is 4. The summed E-state index contributed by atoms with van der Waals surface area (Å²) in [5.41, 5.74) is 0. The lowest BCUT2D eigenvalue weighted by molar-refractivity contribution is 0.401. The molecule has 0 atom stereocenters. The Bertz CT molecular complexity index is 860. The fourth-order valence-electron chi connectivity index (χ4n) is 2.97. The highest BCUT2D eigenvalue weighted by Crippen LogP contribution is 2.14. The molecule has 0 saturated heterocycles. The maximum absolute atomic E-state index is 10.2. The average molecular weight is 470 g/mol. The molecule has 0 fully saturated rings. The van der Waals surface area contributed by atoms with Crippen molar-refractivity contribution in [2.24, 2.45) is 0 Å². The van der Waals surface area contributed by atoms with Crippen LogP contribution in [0.1, 0.15) is 0 Å². The molecular weight excluding hydrogens is 447 g/mol. The van der Waals surface area contributed by atoms with Gasteiger partial charge in [0.05, 0.1) is 0 Å². The summed E-state index contributed by atoms with van der Waals surface area (Å²) < 4.78 is 0. The highest BCUT2D eigenvalue weighted by Gasteiger charge is 2.34. The highest BCUT2D eigenvalue weighted by molar-refractivity contribution is 7.56. The van der Waals surface area contributed by atoms with Crippen molar-refractivity contribution in [3.63, 3.8) is 0 Å². The summed E-state index contributed by atoms with van der Waals surface area (Å²) in [4.78, 5) is 20.3. The average Bonchev–Trinajstić information content (AvgIpc) is 2.82. The van der Waals surface area contributed by atoms with Gasteiger partial charge in [0.2, 0.25) is 0 Å². The van der Waals surface area contributed by atoms with Gasteiger partial charge in [-0.25, -0.2) is 0 Å². The summed E-state index contributed by atoms with van der Waals surface area (Å²) in [6.07, 6.45) is 0. The molecule has 0 aliphatic heterocycles. The van der Waals surface area contributed by atoms with E-state index in [0.717, 1.165) is 10.4 Å². The van der Waals surface area contributed by atoms with Gasteiger partial charge in [0.1, 0.15) is 0 Å². The molecule has 0 aromatic heterocycles. The van der Waals surface area contributed by atoms with Crippen molar-refractivity contribution in [1.82, 2.24) is 0 Å². The summed E-state index contributed by atoms with van der Waals surface area (Å²) in [5, 5.41) is 3.27. The van der Waals surface area contributed by atoms with Gasteiger partial charge < -0.3 is 9.59 Å². The number of halogens is 2. The van der Waals surface area contributed by atoms with Crippen LogP contribution >= 0.6 is 22.2 Å². The number of rotatable bonds is 4. The molecule has 4 aromatic rings. The molecular formula is C24H22Cl2O2Si2. The Morgan fingerprint density at radius 1 is 0.400 bits per heavy atom. The van der Waals surface area contributed by atoms with Crippen molar-refractivity contribution < 1.29 is 9.59 Å². The lowest BCUT2D eigenvalue weighted by Gasteiger charge is -2.18. The first-order chi connectivity index (χ1) is 14.4. The lowest BCUT2D eigenvalue weighted by Crippen LogP contribution is -2.59. The Hall–Kier alpha value is -2.19. The van der Waals surface area contributed by atoms with Gasteiger partial charge in [-0.05, 0) is 20.7 Å². The molecule has 0 aliphatic rings. The molecule has 0 amide bonds. The van der Waals surface area contributed by atoms with Crippen LogP contribution in [0, 0.1) is 0 Å². The van der Waals surface area contributed by atoms with Gasteiger partial charge in [-0.1, -0.05) is 121 Å². The van der Waals surface area contributed by atoms with Crippen LogP contribution in [-0.2, 0) is 0 Å². The zero-order chi connectivity index (χ0) is 21.5. The van der Waals surface area contributed by atoms with E-state index in [0.29, 0.717) is 10.4 Å². The predicted molar refractivity (Wildman–Crippen MR) is 132 cm³/mol. The highest BCUT2D eigenvalue weighted by atomic mass is 35.7. The topological polar surface area (TPSA) is 40.5 Å². The van der Waals surface area contributed by atoms with E-state index >= 15 is 0 Å². The maximum atomic E-state index is 10.2. The normalized spacial score (nSPS) is 11.3. The van der Waals surface area contributed by atoms with Gasteiger partial charge in [0.15, 0.2) is 0 Å². The predicted octanol–water partition coefficient (Wildman–Crippen LogP) is 2.95. The molecule has 0 heterocycles. The molecule has 0 bridgehead atoms. The molecule has 0 spiro atoms. The third kappa shape index (κ3) is 5.49. The van der Waals surface area contributed by atoms with Crippen LogP contribution in [0.15, 0.2) is 121 Å². The Kier molecular flexibility index (Phi) is 7.66. The van der Waals surface area contributed by atoms with Crippen molar-refractivity contribution in [2.45, 2.75) is 0 Å². The summed E-state index contributed by atoms with van der Waals surface area (Å²) in [5.74, 6) is 0. The van der Waals surface area contributed by atoms with E-state index in [-0.39, 0.29) is 0 Å². The van der Waals surface area contributed by atoms with Crippen molar-refractivity contribution in [3.05, 3.63) is 121 Å². The minimum Gasteiger partial charge on any atom is -0.404 e. The van der Waals surface area contributed by atoms with Gasteiger partial charge in [-0.2, -0.15) is 0 Å². The molecule has 2 nitrogen and oxygen atoms in total. The summed E-state index contributed by atoms with van der Waals surface area (Å²) in [6.45, 7) is -2.51. The number of hydrogen-bond donors (Lipinski definition) is 2. The molecule has 152 valence electrons. The van der Waals surface area contributed by atoms with E-state index in [1.807, 2.05) is 97.1 Å². The van der Waals surface area contributed by atoms with Crippen molar-refractivity contribution in [1.29, 1.82) is 0 Å². The summed E-state index contributed by atoms with van der Waals surface area (Å²) >= 11 is 13.0. The zero-order valence-electron chi connectivity index (χ0n) is 16.2. The van der Waals surface area contributed by atoms with E-state index in [1.54, 1.807) is 24.3 Å². The van der Waals surface area contributed by atoms with Gasteiger partial charge in [-0.3, -0.25) is 0 Å². The Labute approximate surface area is 188 Å². The van der Waals surface area contributed by atoms with Crippen LogP contribution in [0.2, 0.25) is 0 Å². The smallest absolute Gasteiger partial charge is 0.401 e. The molecule has 0 unspecified atom stereocenters. The van der Waals surface area contributed by atoms with E-state index in [9.17, 15) is 9.59 Å². The first kappa shape index (κ1) is 22.5. The van der Waals surface area contributed by atoms with E-state index in [4.69, 9.17) is 22.2 Å². The van der Waals surface area contributed by atoms with Crippen molar-refractivity contribution >= 4 is 58.2 Å². The second-order valence-electron chi connectivity index (χ2n) is 6.71.